The molecular formula is C14H25N5O2S. The molecule has 0 bridgehead atoms. The van der Waals surface area contributed by atoms with Gasteiger partial charge in [-0.2, -0.15) is 0 Å². The van der Waals surface area contributed by atoms with Crippen LogP contribution < -0.4 is 15.5 Å². The average molecular weight is 327 g/mol. The van der Waals surface area contributed by atoms with E-state index in [1.165, 1.54) is 24.2 Å². The van der Waals surface area contributed by atoms with Gasteiger partial charge in [-0.15, -0.1) is 10.2 Å². The monoisotopic (exact) mass is 327 g/mol. The molecule has 0 unspecified atom stereocenters. The first-order valence-corrected chi connectivity index (χ1v) is 8.71. The molecule has 1 saturated heterocycles. The van der Waals surface area contributed by atoms with Crippen LogP contribution in [0.4, 0.5) is 15.1 Å². The summed E-state index contributed by atoms with van der Waals surface area (Å²) >= 11 is 1.42. The number of carbonyl (C=O) groups excluding carboxylic acids is 1. The summed E-state index contributed by atoms with van der Waals surface area (Å²) in [7, 11) is 0. The van der Waals surface area contributed by atoms with Crippen LogP contribution >= 0.6 is 11.3 Å². The summed E-state index contributed by atoms with van der Waals surface area (Å²) < 4.78 is 5.22. The molecule has 0 radical (unpaired) electrons. The average Bonchev–Trinajstić information content (AvgIpc) is 2.95. The molecule has 0 aliphatic carbocycles. The van der Waals surface area contributed by atoms with E-state index < -0.39 is 0 Å². The number of piperidine rings is 1. The van der Waals surface area contributed by atoms with Gasteiger partial charge in [0.05, 0.1) is 0 Å². The number of amides is 2. The highest BCUT2D eigenvalue weighted by Crippen LogP contribution is 2.28. The highest BCUT2D eigenvalue weighted by Gasteiger charge is 2.20. The van der Waals surface area contributed by atoms with Crippen molar-refractivity contribution in [2.24, 2.45) is 5.92 Å². The van der Waals surface area contributed by atoms with Crippen molar-refractivity contribution in [3.05, 3.63) is 0 Å². The predicted octanol–water partition coefficient (Wildman–Crippen LogP) is 2.32. The highest BCUT2D eigenvalue weighted by atomic mass is 32.1. The number of carbonyl (C=O) groups is 1. The Morgan fingerprint density at radius 1 is 1.50 bits per heavy atom. The maximum absolute atomic E-state index is 11.7. The summed E-state index contributed by atoms with van der Waals surface area (Å²) in [6, 6.07) is -0.244. The van der Waals surface area contributed by atoms with Crippen molar-refractivity contribution in [3.8, 4) is 0 Å². The van der Waals surface area contributed by atoms with Gasteiger partial charge in [0.25, 0.3) is 0 Å². The second kappa shape index (κ2) is 8.89. The molecule has 1 aromatic heterocycles. The molecular weight excluding hydrogens is 302 g/mol. The summed E-state index contributed by atoms with van der Waals surface area (Å²) in [5.74, 6) is 0.683. The second-order valence-electron chi connectivity index (χ2n) is 5.51. The maximum atomic E-state index is 11.7. The van der Waals surface area contributed by atoms with Crippen molar-refractivity contribution in [1.82, 2.24) is 15.5 Å². The van der Waals surface area contributed by atoms with Crippen molar-refractivity contribution in [2.45, 2.75) is 33.1 Å². The van der Waals surface area contributed by atoms with Crippen molar-refractivity contribution in [2.75, 3.05) is 43.1 Å². The molecule has 2 heterocycles. The highest BCUT2D eigenvalue weighted by molar-refractivity contribution is 7.19. The van der Waals surface area contributed by atoms with Crippen LogP contribution in [0.2, 0.25) is 0 Å². The molecule has 1 aliphatic heterocycles. The number of nitrogens with one attached hydrogen (secondary N) is 2. The van der Waals surface area contributed by atoms with Gasteiger partial charge >= 0.3 is 6.03 Å². The van der Waals surface area contributed by atoms with Gasteiger partial charge in [0.15, 0.2) is 0 Å². The van der Waals surface area contributed by atoms with Crippen LogP contribution in [0.5, 0.6) is 0 Å². The standard InChI is InChI=1S/C14H25N5O2S/c1-3-21-9-5-7-15-12(20)16-13-17-18-14(22-13)19-8-4-6-11(2)10-19/h11H,3-10H2,1-2H3,(H2,15,16,17,20)/t11-/m1/s1. The van der Waals surface area contributed by atoms with Crippen LogP contribution in [0.25, 0.3) is 0 Å². The van der Waals surface area contributed by atoms with Gasteiger partial charge in [-0.25, -0.2) is 4.79 Å². The SMILES string of the molecule is CCOCCCNC(=O)Nc1nnc(N2CCC[C@@H](C)C2)s1. The van der Waals surface area contributed by atoms with E-state index in [2.05, 4.69) is 32.7 Å². The Morgan fingerprint density at radius 2 is 2.36 bits per heavy atom. The lowest BCUT2D eigenvalue weighted by Crippen LogP contribution is -2.34. The zero-order valence-corrected chi connectivity index (χ0v) is 14.1. The molecule has 0 aromatic carbocycles. The van der Waals surface area contributed by atoms with Crippen LogP contribution in [-0.2, 0) is 4.74 Å². The van der Waals surface area contributed by atoms with E-state index in [-0.39, 0.29) is 6.03 Å². The summed E-state index contributed by atoms with van der Waals surface area (Å²) in [6.07, 6.45) is 3.25. The number of hydrogen-bond acceptors (Lipinski definition) is 6. The van der Waals surface area contributed by atoms with E-state index in [0.29, 0.717) is 30.8 Å². The molecule has 8 heteroatoms. The Kier molecular flexibility index (Phi) is 6.85. The number of hydrogen-bond donors (Lipinski definition) is 2. The fourth-order valence-electron chi connectivity index (χ4n) is 2.42. The number of urea groups is 1. The normalized spacial score (nSPS) is 18.3. The number of aromatic nitrogens is 2. The first kappa shape index (κ1) is 17.0. The second-order valence-corrected chi connectivity index (χ2v) is 6.47. The summed E-state index contributed by atoms with van der Waals surface area (Å²) in [4.78, 5) is 14.0. The van der Waals surface area contributed by atoms with Gasteiger partial charge in [-0.05, 0) is 32.1 Å². The van der Waals surface area contributed by atoms with Crippen LogP contribution in [0, 0.1) is 5.92 Å². The van der Waals surface area contributed by atoms with Crippen molar-refractivity contribution in [3.63, 3.8) is 0 Å². The fourth-order valence-corrected chi connectivity index (χ4v) is 3.19. The topological polar surface area (TPSA) is 79.4 Å². The van der Waals surface area contributed by atoms with Gasteiger partial charge in [-0.1, -0.05) is 18.3 Å². The van der Waals surface area contributed by atoms with Crippen LogP contribution in [0.15, 0.2) is 0 Å². The van der Waals surface area contributed by atoms with Gasteiger partial charge in [-0.3, -0.25) is 5.32 Å². The summed E-state index contributed by atoms with van der Waals surface area (Å²) in [5.41, 5.74) is 0. The Labute approximate surface area is 135 Å². The first-order chi connectivity index (χ1) is 10.7. The zero-order chi connectivity index (χ0) is 15.8. The van der Waals surface area contributed by atoms with E-state index in [1.54, 1.807) is 0 Å². The summed E-state index contributed by atoms with van der Waals surface area (Å²) in [6.45, 7) is 8.18. The first-order valence-electron chi connectivity index (χ1n) is 7.90. The molecule has 1 atom stereocenters. The third kappa shape index (κ3) is 5.42. The molecule has 124 valence electrons. The summed E-state index contributed by atoms with van der Waals surface area (Å²) in [5, 5.41) is 15.2. The molecule has 7 nitrogen and oxygen atoms in total. The number of ether oxygens (including phenoxy) is 1. The zero-order valence-electron chi connectivity index (χ0n) is 13.3. The van der Waals surface area contributed by atoms with Gasteiger partial charge in [0.2, 0.25) is 10.3 Å². The van der Waals surface area contributed by atoms with Crippen molar-refractivity contribution >= 4 is 27.6 Å². The smallest absolute Gasteiger partial charge is 0.321 e. The number of anilines is 2. The van der Waals surface area contributed by atoms with Gasteiger partial charge in [0, 0.05) is 32.8 Å². The minimum atomic E-state index is -0.244. The van der Waals surface area contributed by atoms with E-state index in [9.17, 15) is 4.79 Å². The minimum absolute atomic E-state index is 0.244. The third-order valence-corrected chi connectivity index (χ3v) is 4.42. The lowest BCUT2D eigenvalue weighted by molar-refractivity contribution is 0.145. The Balaban J connectivity index is 1.73. The molecule has 0 saturated carbocycles. The Hall–Kier alpha value is -1.41. The van der Waals surface area contributed by atoms with Crippen LogP contribution in [0.1, 0.15) is 33.1 Å². The molecule has 1 aromatic rings. The Morgan fingerprint density at radius 3 is 3.14 bits per heavy atom. The van der Waals surface area contributed by atoms with Gasteiger partial charge < -0.3 is 15.0 Å². The molecule has 2 rings (SSSR count). The Bertz CT molecular complexity index is 468. The lowest BCUT2D eigenvalue weighted by atomic mass is 10.0. The molecule has 2 N–H and O–H groups in total. The lowest BCUT2D eigenvalue weighted by Gasteiger charge is -2.29. The van der Waals surface area contributed by atoms with Crippen molar-refractivity contribution in [1.29, 1.82) is 0 Å². The predicted molar refractivity (Wildman–Crippen MR) is 88.7 cm³/mol. The quantitative estimate of drug-likeness (QED) is 0.751. The molecule has 22 heavy (non-hydrogen) atoms. The molecule has 0 spiro atoms. The van der Waals surface area contributed by atoms with Crippen LogP contribution in [0.3, 0.4) is 0 Å². The molecule has 1 fully saturated rings. The third-order valence-electron chi connectivity index (χ3n) is 3.52. The number of nitrogens with zero attached hydrogens (tertiary/aromatic N) is 3. The van der Waals surface area contributed by atoms with E-state index in [4.69, 9.17) is 4.74 Å². The van der Waals surface area contributed by atoms with E-state index in [1.807, 2.05) is 6.92 Å². The molecule has 2 amide bonds. The maximum Gasteiger partial charge on any atom is 0.321 e. The van der Waals surface area contributed by atoms with E-state index >= 15 is 0 Å². The van der Waals surface area contributed by atoms with Gasteiger partial charge in [0.1, 0.15) is 0 Å². The molecule has 1 aliphatic rings. The minimum Gasteiger partial charge on any atom is -0.382 e. The van der Waals surface area contributed by atoms with E-state index in [0.717, 1.165) is 24.6 Å². The number of rotatable bonds is 7. The largest absolute Gasteiger partial charge is 0.382 e. The fraction of sp³-hybridized carbons (Fsp3) is 0.786. The van der Waals surface area contributed by atoms with Crippen molar-refractivity contribution < 1.29 is 9.53 Å². The van der Waals surface area contributed by atoms with Crippen LogP contribution in [-0.4, -0.2) is 49.1 Å².